The number of hydrogen-bond donors (Lipinski definition) is 1. The van der Waals surface area contributed by atoms with Gasteiger partial charge in [0.15, 0.2) is 0 Å². The molecule has 1 N–H and O–H groups in total. The second-order valence-corrected chi connectivity index (χ2v) is 7.39. The summed E-state index contributed by atoms with van der Waals surface area (Å²) in [5.74, 6) is -0.242. The molecule has 0 fully saturated rings. The first kappa shape index (κ1) is 17.6. The number of halogens is 1. The van der Waals surface area contributed by atoms with Crippen LogP contribution in [0.3, 0.4) is 0 Å². The van der Waals surface area contributed by atoms with Crippen LogP contribution in [0.25, 0.3) is 21.8 Å². The summed E-state index contributed by atoms with van der Waals surface area (Å²) < 4.78 is 14.0. The number of rotatable bonds is 4. The summed E-state index contributed by atoms with van der Waals surface area (Å²) in [6, 6.07) is 14.2. The van der Waals surface area contributed by atoms with E-state index >= 15 is 0 Å². The fourth-order valence-corrected chi connectivity index (χ4v) is 4.08. The number of hydrogen-bond acceptors (Lipinski definition) is 3. The minimum absolute atomic E-state index is 0.00691. The average Bonchev–Trinajstić information content (AvgIpc) is 3.19. The van der Waals surface area contributed by atoms with E-state index in [0.29, 0.717) is 10.6 Å². The van der Waals surface area contributed by atoms with E-state index in [1.165, 1.54) is 17.4 Å². The molecule has 0 radical (unpaired) electrons. The molecule has 27 heavy (non-hydrogen) atoms. The van der Waals surface area contributed by atoms with Gasteiger partial charge < -0.3 is 5.32 Å². The van der Waals surface area contributed by atoms with Gasteiger partial charge in [0.1, 0.15) is 10.8 Å². The second-order valence-electron chi connectivity index (χ2n) is 6.53. The highest BCUT2D eigenvalue weighted by atomic mass is 32.1. The minimum Gasteiger partial charge on any atom is -0.325 e. The Hall–Kier alpha value is -2.79. The van der Waals surface area contributed by atoms with Crippen molar-refractivity contribution in [3.63, 3.8) is 0 Å². The summed E-state index contributed by atoms with van der Waals surface area (Å²) in [7, 11) is 0. The van der Waals surface area contributed by atoms with Crippen molar-refractivity contribution in [2.45, 2.75) is 19.3 Å². The SMILES string of the molecule is O=C(Nc1ccccc1-c1csc(-c2ccccc2F)n1)C1CC=CCC1. The lowest BCUT2D eigenvalue weighted by Crippen LogP contribution is -2.23. The Morgan fingerprint density at radius 3 is 2.63 bits per heavy atom. The molecular weight excluding hydrogens is 359 g/mol. The fraction of sp³-hybridized carbons (Fsp3) is 0.182. The third-order valence-corrected chi connectivity index (χ3v) is 5.58. The summed E-state index contributed by atoms with van der Waals surface area (Å²) >= 11 is 1.39. The summed E-state index contributed by atoms with van der Waals surface area (Å²) in [5.41, 5.74) is 2.81. The number of benzene rings is 2. The molecule has 0 aliphatic heterocycles. The highest BCUT2D eigenvalue weighted by molar-refractivity contribution is 7.13. The molecule has 3 nitrogen and oxygen atoms in total. The molecule has 3 aromatic rings. The molecule has 0 saturated carbocycles. The van der Waals surface area contributed by atoms with E-state index in [-0.39, 0.29) is 17.6 Å². The Bertz CT molecular complexity index is 995. The molecule has 1 aliphatic rings. The fourth-order valence-electron chi connectivity index (χ4n) is 3.24. The van der Waals surface area contributed by atoms with Gasteiger partial charge >= 0.3 is 0 Å². The number of carbonyl (C=O) groups is 1. The van der Waals surface area contributed by atoms with Crippen molar-refractivity contribution in [2.75, 3.05) is 5.32 Å². The van der Waals surface area contributed by atoms with Crippen LogP contribution in [0.2, 0.25) is 0 Å². The molecule has 1 heterocycles. The van der Waals surface area contributed by atoms with Gasteiger partial charge in [-0.25, -0.2) is 9.37 Å². The van der Waals surface area contributed by atoms with Crippen LogP contribution >= 0.6 is 11.3 Å². The van der Waals surface area contributed by atoms with Crippen molar-refractivity contribution in [1.29, 1.82) is 0 Å². The molecule has 1 unspecified atom stereocenters. The van der Waals surface area contributed by atoms with E-state index < -0.39 is 0 Å². The summed E-state index contributed by atoms with van der Waals surface area (Å²) in [4.78, 5) is 17.2. The molecule has 136 valence electrons. The highest BCUT2D eigenvalue weighted by Crippen LogP contribution is 2.34. The number of amides is 1. The second kappa shape index (κ2) is 7.84. The van der Waals surface area contributed by atoms with Gasteiger partial charge in [-0.2, -0.15) is 0 Å². The van der Waals surface area contributed by atoms with Gasteiger partial charge in [0.25, 0.3) is 0 Å². The molecule has 5 heteroatoms. The third kappa shape index (κ3) is 3.83. The van der Waals surface area contributed by atoms with E-state index in [9.17, 15) is 9.18 Å². The Morgan fingerprint density at radius 2 is 1.85 bits per heavy atom. The standard InChI is InChI=1S/C22H19FN2OS/c23-18-12-6-4-10-16(18)22-25-20(14-27-22)17-11-5-7-13-19(17)24-21(26)15-8-2-1-3-9-15/h1-2,4-7,10-15H,3,8-9H2,(H,24,26). The van der Waals surface area contributed by atoms with Crippen LogP contribution in [0.5, 0.6) is 0 Å². The number of thiazole rings is 1. The average molecular weight is 378 g/mol. The van der Waals surface area contributed by atoms with Gasteiger partial charge in [-0.15, -0.1) is 11.3 Å². The van der Waals surface area contributed by atoms with Crippen molar-refractivity contribution in [1.82, 2.24) is 4.98 Å². The molecule has 4 rings (SSSR count). The van der Waals surface area contributed by atoms with Gasteiger partial charge in [-0.1, -0.05) is 42.5 Å². The maximum absolute atomic E-state index is 14.0. The van der Waals surface area contributed by atoms with Gasteiger partial charge in [-0.05, 0) is 37.5 Å². The first-order chi connectivity index (χ1) is 13.2. The molecule has 0 saturated heterocycles. The minimum atomic E-state index is -0.287. The molecule has 2 aromatic carbocycles. The van der Waals surface area contributed by atoms with E-state index in [4.69, 9.17) is 0 Å². The number of para-hydroxylation sites is 1. The van der Waals surface area contributed by atoms with Crippen LogP contribution in [0.4, 0.5) is 10.1 Å². The first-order valence-electron chi connectivity index (χ1n) is 8.98. The predicted octanol–water partition coefficient (Wildman–Crippen LogP) is 5.91. The summed E-state index contributed by atoms with van der Waals surface area (Å²) in [6.07, 6.45) is 6.79. The van der Waals surface area contributed by atoms with Gasteiger partial charge in [-0.3, -0.25) is 4.79 Å². The monoisotopic (exact) mass is 378 g/mol. The van der Waals surface area contributed by atoms with E-state index in [0.717, 1.165) is 36.2 Å². The van der Waals surface area contributed by atoms with Crippen LogP contribution in [0, 0.1) is 11.7 Å². The van der Waals surface area contributed by atoms with Crippen molar-refractivity contribution in [3.05, 3.63) is 71.9 Å². The molecule has 1 atom stereocenters. The van der Waals surface area contributed by atoms with Crippen molar-refractivity contribution < 1.29 is 9.18 Å². The van der Waals surface area contributed by atoms with Crippen LogP contribution in [-0.4, -0.2) is 10.9 Å². The van der Waals surface area contributed by atoms with E-state index in [2.05, 4.69) is 22.5 Å². The molecule has 0 bridgehead atoms. The summed E-state index contributed by atoms with van der Waals surface area (Å²) in [5, 5.41) is 5.58. The Kier molecular flexibility index (Phi) is 5.12. The molecule has 1 amide bonds. The van der Waals surface area contributed by atoms with Crippen LogP contribution in [0.1, 0.15) is 19.3 Å². The zero-order chi connectivity index (χ0) is 18.6. The zero-order valence-corrected chi connectivity index (χ0v) is 15.5. The van der Waals surface area contributed by atoms with Gasteiger partial charge in [0.05, 0.1) is 11.4 Å². The van der Waals surface area contributed by atoms with Gasteiger partial charge in [0.2, 0.25) is 5.91 Å². The Morgan fingerprint density at radius 1 is 1.07 bits per heavy atom. The summed E-state index contributed by atoms with van der Waals surface area (Å²) in [6.45, 7) is 0. The number of aromatic nitrogens is 1. The topological polar surface area (TPSA) is 42.0 Å². The maximum Gasteiger partial charge on any atom is 0.227 e. The largest absolute Gasteiger partial charge is 0.325 e. The number of anilines is 1. The van der Waals surface area contributed by atoms with Crippen molar-refractivity contribution in [3.8, 4) is 21.8 Å². The first-order valence-corrected chi connectivity index (χ1v) is 9.86. The van der Waals surface area contributed by atoms with Crippen LogP contribution in [0.15, 0.2) is 66.1 Å². The van der Waals surface area contributed by atoms with Crippen molar-refractivity contribution in [2.24, 2.45) is 5.92 Å². The smallest absolute Gasteiger partial charge is 0.227 e. The third-order valence-electron chi connectivity index (χ3n) is 4.71. The molecule has 1 aliphatic carbocycles. The number of nitrogens with one attached hydrogen (secondary N) is 1. The predicted molar refractivity (Wildman–Crippen MR) is 108 cm³/mol. The Labute approximate surface area is 161 Å². The normalized spacial score (nSPS) is 16.3. The molecule has 1 aromatic heterocycles. The quantitative estimate of drug-likeness (QED) is 0.573. The lowest BCUT2D eigenvalue weighted by atomic mass is 9.93. The number of allylic oxidation sites excluding steroid dienone is 2. The lowest BCUT2D eigenvalue weighted by molar-refractivity contribution is -0.120. The molecular formula is C22H19FN2OS. The molecule has 0 spiro atoms. The van der Waals surface area contributed by atoms with Gasteiger partial charge in [0, 0.05) is 22.4 Å². The van der Waals surface area contributed by atoms with Crippen LogP contribution in [-0.2, 0) is 4.79 Å². The zero-order valence-electron chi connectivity index (χ0n) is 14.7. The highest BCUT2D eigenvalue weighted by Gasteiger charge is 2.20. The lowest BCUT2D eigenvalue weighted by Gasteiger charge is -2.18. The van der Waals surface area contributed by atoms with Crippen molar-refractivity contribution >= 4 is 22.9 Å². The number of carbonyl (C=O) groups excluding carboxylic acids is 1. The van der Waals surface area contributed by atoms with Crippen LogP contribution < -0.4 is 5.32 Å². The Balaban J connectivity index is 1.61. The van der Waals surface area contributed by atoms with E-state index in [1.807, 2.05) is 29.6 Å². The van der Waals surface area contributed by atoms with E-state index in [1.54, 1.807) is 18.2 Å². The number of nitrogens with zero attached hydrogens (tertiary/aromatic N) is 1. The maximum atomic E-state index is 14.0.